The van der Waals surface area contributed by atoms with Gasteiger partial charge < -0.3 is 23.7 Å². The molecule has 212 valence electrons. The fourth-order valence-electron chi connectivity index (χ4n) is 2.14. The molecule has 11 nitrogen and oxygen atoms in total. The van der Waals surface area contributed by atoms with E-state index in [1.165, 1.54) is 13.8 Å². The highest BCUT2D eigenvalue weighted by molar-refractivity contribution is 8.15. The number of thioether (sulfide) groups is 2. The molecule has 0 saturated heterocycles. The lowest BCUT2D eigenvalue weighted by molar-refractivity contribution is -0.161. The van der Waals surface area contributed by atoms with E-state index in [1.54, 1.807) is 48.5 Å². The third-order valence-electron chi connectivity index (χ3n) is 4.42. The molecule has 0 radical (unpaired) electrons. The van der Waals surface area contributed by atoms with E-state index >= 15 is 0 Å². The maximum absolute atomic E-state index is 12.9. The Hall–Kier alpha value is -2.28. The molecule has 0 aromatic heterocycles. The molecule has 0 N–H and O–H groups in total. The van der Waals surface area contributed by atoms with Gasteiger partial charge in [-0.3, -0.25) is 19.2 Å². The molecule has 0 aromatic rings. The van der Waals surface area contributed by atoms with Crippen molar-refractivity contribution in [3.63, 3.8) is 0 Å². The summed E-state index contributed by atoms with van der Waals surface area (Å²) in [7, 11) is 0. The predicted octanol–water partition coefficient (Wildman–Crippen LogP) is 4.74. The van der Waals surface area contributed by atoms with Crippen LogP contribution in [0.5, 0.6) is 0 Å². The fourth-order valence-corrected chi connectivity index (χ4v) is 3.58. The molecule has 1 atom stereocenters. The second-order valence-corrected chi connectivity index (χ2v) is 12.9. The standard InChI is InChI=1S/C24H38O11S2/c1-10-31-17(26)15(12-36-20(29)34-13-32-18(27)22(2,3)4)11-16(25)24(8,9)37-21(30)35-14-33-19(28)23(5,6)7/h15H,10-14H2,1-9H3/t15-/m0/s1. The molecular weight excluding hydrogens is 528 g/mol. The van der Waals surface area contributed by atoms with Crippen LogP contribution in [-0.2, 0) is 42.9 Å². The van der Waals surface area contributed by atoms with Gasteiger partial charge in [0.1, 0.15) is 5.78 Å². The van der Waals surface area contributed by atoms with Gasteiger partial charge in [0.05, 0.1) is 28.1 Å². The van der Waals surface area contributed by atoms with Crippen LogP contribution in [0.1, 0.15) is 68.7 Å². The first-order valence-corrected chi connectivity index (χ1v) is 13.3. The largest absolute Gasteiger partial charge is 0.466 e. The van der Waals surface area contributed by atoms with Crippen molar-refractivity contribution in [2.24, 2.45) is 16.7 Å². The van der Waals surface area contributed by atoms with Crippen LogP contribution in [0, 0.1) is 16.7 Å². The predicted molar refractivity (Wildman–Crippen MR) is 138 cm³/mol. The van der Waals surface area contributed by atoms with Crippen LogP contribution in [0.3, 0.4) is 0 Å². The van der Waals surface area contributed by atoms with Gasteiger partial charge in [-0.25, -0.2) is 9.59 Å². The van der Waals surface area contributed by atoms with Crippen LogP contribution < -0.4 is 0 Å². The second-order valence-electron chi connectivity index (χ2n) is 10.4. The van der Waals surface area contributed by atoms with Gasteiger partial charge in [0.25, 0.3) is 0 Å². The highest BCUT2D eigenvalue weighted by Crippen LogP contribution is 2.31. The summed E-state index contributed by atoms with van der Waals surface area (Å²) in [6.45, 7) is 13.3. The number of esters is 3. The highest BCUT2D eigenvalue weighted by Gasteiger charge is 2.36. The molecule has 0 aliphatic heterocycles. The molecule has 0 amide bonds. The molecular formula is C24H38O11S2. The minimum atomic E-state index is -1.29. The third kappa shape index (κ3) is 14.3. The normalized spacial score (nSPS) is 12.7. The van der Waals surface area contributed by atoms with E-state index < -0.39 is 69.4 Å². The van der Waals surface area contributed by atoms with Gasteiger partial charge >= 0.3 is 28.5 Å². The summed E-state index contributed by atoms with van der Waals surface area (Å²) in [6, 6.07) is 0. The Morgan fingerprint density at radius 3 is 1.57 bits per heavy atom. The number of carbonyl (C=O) groups excluding carboxylic acids is 6. The molecule has 0 heterocycles. The van der Waals surface area contributed by atoms with Crippen molar-refractivity contribution < 1.29 is 52.5 Å². The van der Waals surface area contributed by atoms with E-state index in [0.717, 1.165) is 0 Å². The lowest BCUT2D eigenvalue weighted by atomic mass is 9.97. The first-order valence-electron chi connectivity index (χ1n) is 11.5. The average molecular weight is 567 g/mol. The smallest absolute Gasteiger partial charge is 0.371 e. The Bertz CT molecular complexity index is 839. The quantitative estimate of drug-likeness (QED) is 0.182. The van der Waals surface area contributed by atoms with E-state index in [0.29, 0.717) is 23.5 Å². The molecule has 0 fully saturated rings. The third-order valence-corrected chi connectivity index (χ3v) is 6.37. The first-order chi connectivity index (χ1) is 16.8. The van der Waals surface area contributed by atoms with Crippen LogP contribution in [0.25, 0.3) is 0 Å². The van der Waals surface area contributed by atoms with Crippen LogP contribution in [0.4, 0.5) is 9.59 Å². The zero-order chi connectivity index (χ0) is 29.0. The maximum atomic E-state index is 12.9. The summed E-state index contributed by atoms with van der Waals surface area (Å²) in [5.41, 5.74) is -1.53. The Labute approximate surface area is 226 Å². The van der Waals surface area contributed by atoms with Crippen molar-refractivity contribution in [2.75, 3.05) is 25.9 Å². The Kier molecular flexibility index (Phi) is 14.3. The molecule has 13 heteroatoms. The lowest BCUT2D eigenvalue weighted by Crippen LogP contribution is -2.34. The van der Waals surface area contributed by atoms with Gasteiger partial charge in [-0.2, -0.15) is 0 Å². The summed E-state index contributed by atoms with van der Waals surface area (Å²) in [5.74, 6) is -3.39. The van der Waals surface area contributed by atoms with Crippen molar-refractivity contribution >= 4 is 57.8 Å². The van der Waals surface area contributed by atoms with E-state index in [9.17, 15) is 28.8 Å². The Morgan fingerprint density at radius 2 is 1.14 bits per heavy atom. The number of rotatable bonds is 12. The second kappa shape index (κ2) is 15.2. The Balaban J connectivity index is 4.90. The van der Waals surface area contributed by atoms with Gasteiger partial charge in [0.15, 0.2) is 0 Å². The average Bonchev–Trinajstić information content (AvgIpc) is 2.74. The van der Waals surface area contributed by atoms with E-state index in [2.05, 4.69) is 0 Å². The zero-order valence-electron chi connectivity index (χ0n) is 22.9. The molecule has 0 spiro atoms. The summed E-state index contributed by atoms with van der Waals surface area (Å²) < 4.78 is 23.2. The van der Waals surface area contributed by atoms with Gasteiger partial charge in [0, 0.05) is 12.2 Å². The molecule has 0 saturated carbocycles. The number of hydrogen-bond donors (Lipinski definition) is 0. The van der Waals surface area contributed by atoms with E-state index in [4.69, 9.17) is 23.7 Å². The van der Waals surface area contributed by atoms with Crippen molar-refractivity contribution in [1.29, 1.82) is 0 Å². The molecule has 0 bridgehead atoms. The van der Waals surface area contributed by atoms with Crippen LogP contribution in [0.15, 0.2) is 0 Å². The van der Waals surface area contributed by atoms with E-state index in [1.807, 2.05) is 0 Å². The van der Waals surface area contributed by atoms with Crippen LogP contribution in [0.2, 0.25) is 0 Å². The van der Waals surface area contributed by atoms with Crippen molar-refractivity contribution in [1.82, 2.24) is 0 Å². The summed E-state index contributed by atoms with van der Waals surface area (Å²) in [5, 5.41) is -1.64. The first kappa shape index (κ1) is 34.7. The maximum Gasteiger partial charge on any atom is 0.371 e. The van der Waals surface area contributed by atoms with Gasteiger partial charge in [0.2, 0.25) is 13.6 Å². The fraction of sp³-hybridized carbons (Fsp3) is 0.750. The molecule has 0 aliphatic carbocycles. The molecule has 0 aromatic carbocycles. The molecule has 0 aliphatic rings. The van der Waals surface area contributed by atoms with Crippen molar-refractivity contribution in [2.45, 2.75) is 73.5 Å². The number of carbonyl (C=O) groups is 6. The summed E-state index contributed by atoms with van der Waals surface area (Å²) in [6.07, 6.45) is -0.315. The summed E-state index contributed by atoms with van der Waals surface area (Å²) in [4.78, 5) is 72.9. The molecule has 0 unspecified atom stereocenters. The zero-order valence-corrected chi connectivity index (χ0v) is 24.6. The summed E-state index contributed by atoms with van der Waals surface area (Å²) >= 11 is 1.20. The van der Waals surface area contributed by atoms with Crippen LogP contribution >= 0.6 is 23.5 Å². The van der Waals surface area contributed by atoms with Crippen molar-refractivity contribution in [3.8, 4) is 0 Å². The van der Waals surface area contributed by atoms with Gasteiger partial charge in [-0.05, 0) is 85.8 Å². The van der Waals surface area contributed by atoms with Gasteiger partial charge in [-0.15, -0.1) is 0 Å². The highest BCUT2D eigenvalue weighted by atomic mass is 32.2. The number of hydrogen-bond acceptors (Lipinski definition) is 13. The SMILES string of the molecule is CCOC(=O)[C@H](CSC(=O)OCOC(=O)C(C)(C)C)CC(=O)C(C)(C)SC(=O)OCOC(=O)C(C)(C)C. The minimum Gasteiger partial charge on any atom is -0.466 e. The number of ether oxygens (including phenoxy) is 5. The molecule has 37 heavy (non-hydrogen) atoms. The monoisotopic (exact) mass is 566 g/mol. The Morgan fingerprint density at radius 1 is 0.676 bits per heavy atom. The molecule has 0 rings (SSSR count). The number of Topliss-reactive ketones (excluding diaryl/α,β-unsaturated/α-hetero) is 1. The lowest BCUT2D eigenvalue weighted by Gasteiger charge is -2.23. The topological polar surface area (TPSA) is 149 Å². The van der Waals surface area contributed by atoms with Gasteiger partial charge in [-0.1, -0.05) is 0 Å². The van der Waals surface area contributed by atoms with Crippen LogP contribution in [-0.4, -0.2) is 65.0 Å². The van der Waals surface area contributed by atoms with E-state index in [-0.39, 0.29) is 18.8 Å². The van der Waals surface area contributed by atoms with Crippen molar-refractivity contribution in [3.05, 3.63) is 0 Å². The minimum absolute atomic E-state index is 0.0686. The number of ketones is 1.